The third-order valence-electron chi connectivity index (χ3n) is 3.45. The number of carbonyl (C=O) groups is 2. The molecule has 6 nitrogen and oxygen atoms in total. The van der Waals surface area contributed by atoms with E-state index in [0.717, 1.165) is 11.1 Å². The Balaban J connectivity index is 2.48. The Labute approximate surface area is 153 Å². The highest BCUT2D eigenvalue weighted by atomic mass is 16.6. The normalized spacial score (nSPS) is 12.0. The largest absolute Gasteiger partial charge is 0.463 e. The predicted molar refractivity (Wildman–Crippen MR) is 99.6 cm³/mol. The first-order valence-electron chi connectivity index (χ1n) is 8.43. The second-order valence-electron chi connectivity index (χ2n) is 6.78. The fourth-order valence-electron chi connectivity index (χ4n) is 2.37. The van der Waals surface area contributed by atoms with Gasteiger partial charge in [0.05, 0.1) is 12.3 Å². The smallest absolute Gasteiger partial charge is 0.418 e. The van der Waals surface area contributed by atoms with Gasteiger partial charge in [-0.15, -0.1) is 0 Å². The lowest BCUT2D eigenvalue weighted by atomic mass is 10.1. The standard InChI is InChI=1S/C20H24N2O4/c1-6-25-18(23)11-14(2)17-12-16(15-7-9-21-10-8-15)13-22(17)19(24)26-20(3,4)5/h7-13H,6H2,1-5H3/b14-11-. The second-order valence-corrected chi connectivity index (χ2v) is 6.78. The molecule has 2 aromatic heterocycles. The molecule has 26 heavy (non-hydrogen) atoms. The summed E-state index contributed by atoms with van der Waals surface area (Å²) < 4.78 is 11.9. The Hall–Kier alpha value is -2.89. The minimum absolute atomic E-state index is 0.290. The van der Waals surface area contributed by atoms with Crippen molar-refractivity contribution in [2.75, 3.05) is 6.61 Å². The third kappa shape index (κ3) is 5.05. The van der Waals surface area contributed by atoms with Crippen molar-refractivity contribution in [1.29, 1.82) is 0 Å². The second kappa shape index (κ2) is 7.99. The first-order chi connectivity index (χ1) is 12.2. The average molecular weight is 356 g/mol. The Morgan fingerprint density at radius 1 is 1.19 bits per heavy atom. The van der Waals surface area contributed by atoms with Crippen molar-refractivity contribution in [2.24, 2.45) is 0 Å². The molecule has 0 aliphatic carbocycles. The maximum atomic E-state index is 12.6. The first kappa shape index (κ1) is 19.4. The van der Waals surface area contributed by atoms with Crippen LogP contribution in [-0.4, -0.2) is 33.8 Å². The van der Waals surface area contributed by atoms with Crippen molar-refractivity contribution >= 4 is 17.6 Å². The summed E-state index contributed by atoms with van der Waals surface area (Å²) in [7, 11) is 0. The molecule has 0 saturated heterocycles. The third-order valence-corrected chi connectivity index (χ3v) is 3.45. The van der Waals surface area contributed by atoms with Crippen LogP contribution in [0.25, 0.3) is 16.7 Å². The van der Waals surface area contributed by atoms with Crippen molar-refractivity contribution in [2.45, 2.75) is 40.2 Å². The zero-order chi connectivity index (χ0) is 19.3. The lowest BCUT2D eigenvalue weighted by Crippen LogP contribution is -2.27. The Kier molecular flexibility index (Phi) is 5.97. The number of carbonyl (C=O) groups excluding carboxylic acids is 2. The molecule has 0 fully saturated rings. The summed E-state index contributed by atoms with van der Waals surface area (Å²) in [6, 6.07) is 5.54. The molecule has 6 heteroatoms. The van der Waals surface area contributed by atoms with Gasteiger partial charge in [-0.2, -0.15) is 0 Å². The van der Waals surface area contributed by atoms with Gasteiger partial charge in [0.25, 0.3) is 0 Å². The van der Waals surface area contributed by atoms with Crippen LogP contribution >= 0.6 is 0 Å². The fourth-order valence-corrected chi connectivity index (χ4v) is 2.37. The molecule has 2 heterocycles. The molecule has 0 spiro atoms. The van der Waals surface area contributed by atoms with Gasteiger partial charge in [0.15, 0.2) is 0 Å². The highest BCUT2D eigenvalue weighted by Gasteiger charge is 2.21. The quantitative estimate of drug-likeness (QED) is 0.603. The SMILES string of the molecule is CCOC(=O)/C=C(/C)c1cc(-c2ccncc2)cn1C(=O)OC(C)(C)C. The zero-order valence-corrected chi connectivity index (χ0v) is 15.8. The summed E-state index contributed by atoms with van der Waals surface area (Å²) in [5, 5.41) is 0. The first-order valence-corrected chi connectivity index (χ1v) is 8.43. The van der Waals surface area contributed by atoms with Gasteiger partial charge in [0.2, 0.25) is 0 Å². The minimum atomic E-state index is -0.631. The van der Waals surface area contributed by atoms with Crippen LogP contribution < -0.4 is 0 Å². The van der Waals surface area contributed by atoms with Crippen molar-refractivity contribution in [1.82, 2.24) is 9.55 Å². The van der Waals surface area contributed by atoms with E-state index in [1.807, 2.05) is 18.2 Å². The highest BCUT2D eigenvalue weighted by Crippen LogP contribution is 2.26. The molecular formula is C20H24N2O4. The molecule has 0 aliphatic rings. The van der Waals surface area contributed by atoms with Crippen molar-refractivity contribution in [3.05, 3.63) is 48.6 Å². The summed E-state index contributed by atoms with van der Waals surface area (Å²) in [6.07, 6.45) is 5.92. The molecule has 0 amide bonds. The van der Waals surface area contributed by atoms with Gasteiger partial charge in [0, 0.05) is 30.2 Å². The number of esters is 1. The maximum Gasteiger partial charge on any atom is 0.418 e. The molecule has 138 valence electrons. The minimum Gasteiger partial charge on any atom is -0.463 e. The lowest BCUT2D eigenvalue weighted by Gasteiger charge is -2.20. The molecule has 0 unspecified atom stereocenters. The van der Waals surface area contributed by atoms with Crippen LogP contribution in [0.3, 0.4) is 0 Å². The predicted octanol–water partition coefficient (Wildman–Crippen LogP) is 4.30. The van der Waals surface area contributed by atoms with Gasteiger partial charge in [-0.25, -0.2) is 9.59 Å². The number of hydrogen-bond donors (Lipinski definition) is 0. The number of rotatable bonds is 4. The van der Waals surface area contributed by atoms with Crippen LogP contribution in [0, 0.1) is 0 Å². The van der Waals surface area contributed by atoms with E-state index in [-0.39, 0.29) is 6.61 Å². The van der Waals surface area contributed by atoms with Crippen molar-refractivity contribution in [3.63, 3.8) is 0 Å². The molecule has 0 bridgehead atoms. The van der Waals surface area contributed by atoms with E-state index in [2.05, 4.69) is 4.98 Å². The molecule has 0 radical (unpaired) electrons. The number of ether oxygens (including phenoxy) is 2. The molecule has 0 N–H and O–H groups in total. The summed E-state index contributed by atoms with van der Waals surface area (Å²) in [6.45, 7) is 9.20. The van der Waals surface area contributed by atoms with Crippen LogP contribution in [0.1, 0.15) is 40.3 Å². The van der Waals surface area contributed by atoms with Gasteiger partial charge >= 0.3 is 12.1 Å². The van der Waals surface area contributed by atoms with E-state index in [0.29, 0.717) is 11.3 Å². The molecule has 0 aliphatic heterocycles. The van der Waals surface area contributed by atoms with Crippen LogP contribution in [0.2, 0.25) is 0 Å². The Morgan fingerprint density at radius 2 is 1.85 bits per heavy atom. The van der Waals surface area contributed by atoms with E-state index >= 15 is 0 Å². The van der Waals surface area contributed by atoms with E-state index in [4.69, 9.17) is 9.47 Å². The van der Waals surface area contributed by atoms with Crippen LogP contribution in [0.5, 0.6) is 0 Å². The van der Waals surface area contributed by atoms with E-state index in [9.17, 15) is 9.59 Å². The lowest BCUT2D eigenvalue weighted by molar-refractivity contribution is -0.137. The molecule has 0 saturated carbocycles. The molecule has 0 atom stereocenters. The van der Waals surface area contributed by atoms with E-state index in [1.165, 1.54) is 10.6 Å². The molecule has 0 aromatic carbocycles. The number of pyridine rings is 1. The Bertz CT molecular complexity index is 814. The van der Waals surface area contributed by atoms with E-state index < -0.39 is 17.7 Å². The molecule has 2 aromatic rings. The summed E-state index contributed by atoms with van der Waals surface area (Å²) in [4.78, 5) is 28.4. The summed E-state index contributed by atoms with van der Waals surface area (Å²) >= 11 is 0. The Morgan fingerprint density at radius 3 is 2.42 bits per heavy atom. The fraction of sp³-hybridized carbons (Fsp3) is 0.350. The number of aromatic nitrogens is 2. The number of hydrogen-bond acceptors (Lipinski definition) is 5. The van der Waals surface area contributed by atoms with E-state index in [1.54, 1.807) is 53.2 Å². The van der Waals surface area contributed by atoms with Gasteiger partial charge in [-0.05, 0) is 64.0 Å². The topological polar surface area (TPSA) is 70.4 Å². The van der Waals surface area contributed by atoms with Crippen molar-refractivity contribution < 1.29 is 19.1 Å². The zero-order valence-electron chi connectivity index (χ0n) is 15.8. The number of nitrogens with zero attached hydrogens (tertiary/aromatic N) is 2. The highest BCUT2D eigenvalue weighted by molar-refractivity contribution is 5.92. The monoisotopic (exact) mass is 356 g/mol. The van der Waals surface area contributed by atoms with Crippen LogP contribution in [0.4, 0.5) is 4.79 Å². The average Bonchev–Trinajstić information content (AvgIpc) is 3.00. The van der Waals surface area contributed by atoms with Gasteiger partial charge < -0.3 is 9.47 Å². The summed E-state index contributed by atoms with van der Waals surface area (Å²) in [5.74, 6) is -0.451. The van der Waals surface area contributed by atoms with Crippen molar-refractivity contribution in [3.8, 4) is 11.1 Å². The van der Waals surface area contributed by atoms with Gasteiger partial charge in [0.1, 0.15) is 5.60 Å². The van der Waals surface area contributed by atoms with Gasteiger partial charge in [-0.1, -0.05) is 0 Å². The van der Waals surface area contributed by atoms with Crippen LogP contribution in [0.15, 0.2) is 42.9 Å². The maximum absolute atomic E-state index is 12.6. The molecule has 2 rings (SSSR count). The number of allylic oxidation sites excluding steroid dienone is 1. The van der Waals surface area contributed by atoms with Crippen LogP contribution in [-0.2, 0) is 14.3 Å². The molecular weight excluding hydrogens is 332 g/mol. The van der Waals surface area contributed by atoms with Gasteiger partial charge in [-0.3, -0.25) is 9.55 Å². The summed E-state index contributed by atoms with van der Waals surface area (Å²) in [5.41, 5.74) is 2.28.